The molecular formula is C21H20N4O3S. The minimum absolute atomic E-state index is 0.00743. The number of aromatic nitrogens is 2. The molecule has 0 saturated heterocycles. The van der Waals surface area contributed by atoms with Crippen molar-refractivity contribution in [3.05, 3.63) is 84.4 Å². The molecule has 148 valence electrons. The average molecular weight is 408 g/mol. The summed E-state index contributed by atoms with van der Waals surface area (Å²) in [5.74, 6) is -0.287. The third-order valence-corrected chi connectivity index (χ3v) is 5.34. The first kappa shape index (κ1) is 20.4. The van der Waals surface area contributed by atoms with Crippen molar-refractivity contribution in [2.24, 2.45) is 0 Å². The van der Waals surface area contributed by atoms with Crippen LogP contribution in [-0.4, -0.2) is 30.8 Å². The topological polar surface area (TPSA) is 101 Å². The molecule has 0 fully saturated rings. The third-order valence-electron chi connectivity index (χ3n) is 3.89. The van der Waals surface area contributed by atoms with Crippen LogP contribution in [0.25, 0.3) is 12.2 Å². The molecule has 0 unspecified atom stereocenters. The minimum atomic E-state index is -3.68. The van der Waals surface area contributed by atoms with Crippen molar-refractivity contribution < 1.29 is 13.2 Å². The maximum Gasteiger partial charge on any atom is 0.242 e. The number of nitrogens with zero attached hydrogens (tertiary/aromatic N) is 2. The lowest BCUT2D eigenvalue weighted by molar-refractivity contribution is -0.116. The highest BCUT2D eigenvalue weighted by molar-refractivity contribution is 7.89. The van der Waals surface area contributed by atoms with Crippen LogP contribution in [-0.2, 0) is 14.8 Å². The van der Waals surface area contributed by atoms with Crippen molar-refractivity contribution >= 4 is 33.8 Å². The Labute approximate surface area is 169 Å². The van der Waals surface area contributed by atoms with Gasteiger partial charge in [-0.05, 0) is 48.0 Å². The van der Waals surface area contributed by atoms with Crippen LogP contribution in [0.1, 0.15) is 17.7 Å². The molecule has 7 nitrogen and oxygen atoms in total. The quantitative estimate of drug-likeness (QED) is 0.597. The number of anilines is 1. The SMILES string of the molecule is O=C(CCNS(=O)(=O)c1cccnc1)Nc1cccc(/C=C/c2ccccn2)c1. The van der Waals surface area contributed by atoms with E-state index in [1.54, 1.807) is 12.3 Å². The normalized spacial score (nSPS) is 11.4. The Morgan fingerprint density at radius 3 is 2.66 bits per heavy atom. The molecule has 0 atom stereocenters. The van der Waals surface area contributed by atoms with Gasteiger partial charge in [0, 0.05) is 37.2 Å². The smallest absolute Gasteiger partial charge is 0.242 e. The molecule has 8 heteroatoms. The fourth-order valence-electron chi connectivity index (χ4n) is 2.49. The molecule has 0 aliphatic carbocycles. The number of carbonyl (C=O) groups excluding carboxylic acids is 1. The fraction of sp³-hybridized carbons (Fsp3) is 0.0952. The van der Waals surface area contributed by atoms with Gasteiger partial charge >= 0.3 is 0 Å². The van der Waals surface area contributed by atoms with Crippen LogP contribution in [0.5, 0.6) is 0 Å². The Kier molecular flexibility index (Phi) is 6.83. The van der Waals surface area contributed by atoms with Crippen molar-refractivity contribution in [2.75, 3.05) is 11.9 Å². The highest BCUT2D eigenvalue weighted by Gasteiger charge is 2.14. The Morgan fingerprint density at radius 2 is 1.90 bits per heavy atom. The minimum Gasteiger partial charge on any atom is -0.326 e. The van der Waals surface area contributed by atoms with Gasteiger partial charge in [-0.15, -0.1) is 0 Å². The van der Waals surface area contributed by atoms with Gasteiger partial charge in [0.2, 0.25) is 15.9 Å². The molecule has 0 radical (unpaired) electrons. The van der Waals surface area contributed by atoms with E-state index in [2.05, 4.69) is 20.0 Å². The van der Waals surface area contributed by atoms with Crippen molar-refractivity contribution in [3.63, 3.8) is 0 Å². The molecule has 0 spiro atoms. The zero-order valence-electron chi connectivity index (χ0n) is 15.5. The number of sulfonamides is 1. The number of carbonyl (C=O) groups is 1. The van der Waals surface area contributed by atoms with Gasteiger partial charge in [-0.3, -0.25) is 14.8 Å². The molecule has 3 rings (SSSR count). The van der Waals surface area contributed by atoms with Gasteiger partial charge < -0.3 is 5.32 Å². The Morgan fingerprint density at radius 1 is 1.00 bits per heavy atom. The molecule has 29 heavy (non-hydrogen) atoms. The van der Waals surface area contributed by atoms with Crippen molar-refractivity contribution in [1.82, 2.24) is 14.7 Å². The van der Waals surface area contributed by atoms with E-state index in [4.69, 9.17) is 0 Å². The zero-order valence-corrected chi connectivity index (χ0v) is 16.3. The predicted molar refractivity (Wildman–Crippen MR) is 112 cm³/mol. The van der Waals surface area contributed by atoms with E-state index in [-0.39, 0.29) is 23.8 Å². The van der Waals surface area contributed by atoms with E-state index >= 15 is 0 Å². The predicted octanol–water partition coefficient (Wildman–Crippen LogP) is 2.95. The first-order valence-corrected chi connectivity index (χ1v) is 10.4. The first-order chi connectivity index (χ1) is 14.0. The van der Waals surface area contributed by atoms with Gasteiger partial charge in [0.1, 0.15) is 4.90 Å². The molecule has 0 saturated carbocycles. The molecule has 2 heterocycles. The molecule has 2 N–H and O–H groups in total. The molecule has 0 aliphatic heterocycles. The first-order valence-electron chi connectivity index (χ1n) is 8.92. The Hall–Kier alpha value is -3.36. The number of amides is 1. The Balaban J connectivity index is 1.52. The van der Waals surface area contributed by atoms with E-state index in [0.717, 1.165) is 11.3 Å². The van der Waals surface area contributed by atoms with Crippen LogP contribution in [0, 0.1) is 0 Å². The monoisotopic (exact) mass is 408 g/mol. The van der Waals surface area contributed by atoms with E-state index in [1.165, 1.54) is 24.5 Å². The van der Waals surface area contributed by atoms with Gasteiger partial charge in [-0.25, -0.2) is 13.1 Å². The fourth-order valence-corrected chi connectivity index (χ4v) is 3.48. The number of benzene rings is 1. The second-order valence-corrected chi connectivity index (χ2v) is 7.87. The highest BCUT2D eigenvalue weighted by atomic mass is 32.2. The summed E-state index contributed by atoms with van der Waals surface area (Å²) in [5, 5.41) is 2.77. The van der Waals surface area contributed by atoms with Crippen LogP contribution in [0.2, 0.25) is 0 Å². The molecular weight excluding hydrogens is 388 g/mol. The van der Waals surface area contributed by atoms with E-state index < -0.39 is 10.0 Å². The van der Waals surface area contributed by atoms with E-state index in [9.17, 15) is 13.2 Å². The maximum atomic E-state index is 12.1. The summed E-state index contributed by atoms with van der Waals surface area (Å²) in [7, 11) is -3.68. The van der Waals surface area contributed by atoms with Crippen LogP contribution in [0.3, 0.4) is 0 Å². The number of nitrogens with one attached hydrogen (secondary N) is 2. The largest absolute Gasteiger partial charge is 0.326 e. The lowest BCUT2D eigenvalue weighted by atomic mass is 10.1. The number of pyridine rings is 2. The molecule has 0 aliphatic rings. The van der Waals surface area contributed by atoms with Crippen LogP contribution < -0.4 is 10.0 Å². The summed E-state index contributed by atoms with van der Waals surface area (Å²) in [4.78, 5) is 20.2. The Bertz CT molecular complexity index is 1090. The van der Waals surface area contributed by atoms with Gasteiger partial charge in [0.05, 0.1) is 5.69 Å². The summed E-state index contributed by atoms with van der Waals surface area (Å²) in [6.45, 7) is -0.0116. The second kappa shape index (κ2) is 9.72. The van der Waals surface area contributed by atoms with Crippen molar-refractivity contribution in [2.45, 2.75) is 11.3 Å². The van der Waals surface area contributed by atoms with Gasteiger partial charge in [-0.1, -0.05) is 24.3 Å². The zero-order chi connectivity index (χ0) is 20.5. The number of hydrogen-bond acceptors (Lipinski definition) is 5. The summed E-state index contributed by atoms with van der Waals surface area (Å²) >= 11 is 0. The lowest BCUT2D eigenvalue weighted by Crippen LogP contribution is -2.27. The summed E-state index contributed by atoms with van der Waals surface area (Å²) in [6.07, 6.45) is 8.26. The maximum absolute atomic E-state index is 12.1. The highest BCUT2D eigenvalue weighted by Crippen LogP contribution is 2.14. The molecule has 1 aromatic carbocycles. The van der Waals surface area contributed by atoms with Crippen molar-refractivity contribution in [3.8, 4) is 0 Å². The van der Waals surface area contributed by atoms with Gasteiger partial charge in [0.25, 0.3) is 0 Å². The molecule has 1 amide bonds. The number of hydrogen-bond donors (Lipinski definition) is 2. The van der Waals surface area contributed by atoms with Crippen LogP contribution >= 0.6 is 0 Å². The van der Waals surface area contributed by atoms with Crippen molar-refractivity contribution in [1.29, 1.82) is 0 Å². The standard InChI is InChI=1S/C21H20N4O3S/c26-21(11-14-24-29(27,28)20-8-4-12-22-16-20)25-19-7-3-5-17(15-19)9-10-18-6-1-2-13-23-18/h1-10,12-13,15-16,24H,11,14H2,(H,25,26)/b10-9+. The third kappa shape index (κ3) is 6.34. The molecule has 0 bridgehead atoms. The molecule has 2 aromatic heterocycles. The summed E-state index contributed by atoms with van der Waals surface area (Å²) in [5.41, 5.74) is 2.38. The van der Waals surface area contributed by atoms with Gasteiger partial charge in [-0.2, -0.15) is 0 Å². The van der Waals surface area contributed by atoms with Crippen LogP contribution in [0.4, 0.5) is 5.69 Å². The van der Waals surface area contributed by atoms with E-state index in [1.807, 2.05) is 48.6 Å². The van der Waals surface area contributed by atoms with Gasteiger partial charge in [0.15, 0.2) is 0 Å². The lowest BCUT2D eigenvalue weighted by Gasteiger charge is -2.08. The van der Waals surface area contributed by atoms with Crippen LogP contribution in [0.15, 0.2) is 78.1 Å². The number of rotatable bonds is 8. The summed E-state index contributed by atoms with van der Waals surface area (Å²) < 4.78 is 26.6. The molecule has 3 aromatic rings. The average Bonchev–Trinajstić information content (AvgIpc) is 2.74. The van der Waals surface area contributed by atoms with E-state index in [0.29, 0.717) is 5.69 Å². The second-order valence-electron chi connectivity index (χ2n) is 6.10. The summed E-state index contributed by atoms with van der Waals surface area (Å²) in [6, 6.07) is 16.0.